The van der Waals surface area contributed by atoms with E-state index in [1.165, 1.54) is 11.1 Å². The molecule has 1 aromatic heterocycles. The molecule has 1 amide bonds. The molecule has 0 radical (unpaired) electrons. The molecule has 10 heteroatoms. The van der Waals surface area contributed by atoms with Crippen LogP contribution in [0.4, 0.5) is 17.6 Å². The van der Waals surface area contributed by atoms with Crippen LogP contribution < -0.4 is 0 Å². The fourth-order valence-corrected chi connectivity index (χ4v) is 5.61. The molecule has 1 atom stereocenters. The number of amides is 1. The van der Waals surface area contributed by atoms with Gasteiger partial charge in [0.05, 0.1) is 11.1 Å². The van der Waals surface area contributed by atoms with Gasteiger partial charge >= 0.3 is 12.1 Å². The summed E-state index contributed by atoms with van der Waals surface area (Å²) in [6, 6.07) is 13.1. The third kappa shape index (κ3) is 5.35. The van der Waals surface area contributed by atoms with Crippen molar-refractivity contribution < 1.29 is 32.3 Å². The number of aliphatic carboxylic acids is 1. The summed E-state index contributed by atoms with van der Waals surface area (Å²) in [7, 11) is 0. The van der Waals surface area contributed by atoms with Gasteiger partial charge in [0.2, 0.25) is 6.41 Å². The van der Waals surface area contributed by atoms with E-state index >= 15 is 0 Å². The molecule has 1 heterocycles. The number of hydrogen-bond donors (Lipinski definition) is 1. The molecule has 0 saturated heterocycles. The molecule has 1 aliphatic rings. The number of halogens is 4. The molecule has 1 N–H and O–H groups in total. The van der Waals surface area contributed by atoms with Crippen molar-refractivity contribution in [2.45, 2.75) is 56.8 Å². The zero-order valence-electron chi connectivity index (χ0n) is 21.0. The van der Waals surface area contributed by atoms with Crippen LogP contribution in [0, 0.1) is 24.1 Å². The molecule has 0 bridgehead atoms. The average molecular weight is 540 g/mol. The standard InChI is InChI=1S/C29H25F4N3O3/c1-18-6-8-20(21-5-4-12-35-25(21)15-34)14-22(18)26(27(38)39)28(10-2-3-11-28)36(17-37)16-19-7-9-23(24(30)13-19)29(31,32)33/h4-9,12-14,17,26H,2-3,10-11,16H2,1H3,(H,38,39). The largest absolute Gasteiger partial charge is 0.481 e. The van der Waals surface area contributed by atoms with Gasteiger partial charge in [0.15, 0.2) is 0 Å². The molecule has 2 aromatic carbocycles. The first-order valence-electron chi connectivity index (χ1n) is 12.3. The maximum atomic E-state index is 14.3. The highest BCUT2D eigenvalue weighted by molar-refractivity contribution is 5.81. The highest BCUT2D eigenvalue weighted by Gasteiger charge is 2.50. The Balaban J connectivity index is 1.80. The number of alkyl halides is 3. The molecule has 4 rings (SSSR count). The number of pyridine rings is 1. The summed E-state index contributed by atoms with van der Waals surface area (Å²) in [5, 5.41) is 20.0. The monoisotopic (exact) mass is 539 g/mol. The molecule has 1 unspecified atom stereocenters. The molecule has 0 aliphatic heterocycles. The van der Waals surface area contributed by atoms with Crippen molar-refractivity contribution in [2.75, 3.05) is 0 Å². The summed E-state index contributed by atoms with van der Waals surface area (Å²) in [4.78, 5) is 30.7. The summed E-state index contributed by atoms with van der Waals surface area (Å²) in [6.07, 6.45) is -0.944. The van der Waals surface area contributed by atoms with Crippen LogP contribution in [0.15, 0.2) is 54.7 Å². The number of carbonyl (C=O) groups is 2. The van der Waals surface area contributed by atoms with Crippen LogP contribution in [-0.4, -0.2) is 32.9 Å². The maximum Gasteiger partial charge on any atom is 0.419 e. The zero-order valence-corrected chi connectivity index (χ0v) is 21.0. The van der Waals surface area contributed by atoms with E-state index in [-0.39, 0.29) is 17.8 Å². The van der Waals surface area contributed by atoms with Crippen LogP contribution in [0.3, 0.4) is 0 Å². The molecule has 202 valence electrons. The van der Waals surface area contributed by atoms with Gasteiger partial charge in [0, 0.05) is 18.3 Å². The Bertz CT molecular complexity index is 1440. The molecule has 0 spiro atoms. The number of nitriles is 1. The summed E-state index contributed by atoms with van der Waals surface area (Å²) in [5.74, 6) is -3.82. The second kappa shape index (κ2) is 10.8. The van der Waals surface area contributed by atoms with E-state index in [9.17, 15) is 37.5 Å². The van der Waals surface area contributed by atoms with Crippen molar-refractivity contribution in [3.63, 3.8) is 0 Å². The van der Waals surface area contributed by atoms with Gasteiger partial charge in [-0.1, -0.05) is 31.0 Å². The highest BCUT2D eigenvalue weighted by atomic mass is 19.4. The van der Waals surface area contributed by atoms with Gasteiger partial charge in [0.1, 0.15) is 23.5 Å². The summed E-state index contributed by atoms with van der Waals surface area (Å²) in [6.45, 7) is 1.49. The number of hydrogen-bond acceptors (Lipinski definition) is 4. The lowest BCUT2D eigenvalue weighted by Crippen LogP contribution is -2.52. The van der Waals surface area contributed by atoms with Crippen molar-refractivity contribution >= 4 is 12.4 Å². The number of aromatic nitrogens is 1. The zero-order chi connectivity index (χ0) is 28.4. The first-order valence-corrected chi connectivity index (χ1v) is 12.3. The lowest BCUT2D eigenvalue weighted by atomic mass is 9.74. The van der Waals surface area contributed by atoms with Crippen LogP contribution >= 0.6 is 0 Å². The Morgan fingerprint density at radius 3 is 2.51 bits per heavy atom. The third-order valence-corrected chi connectivity index (χ3v) is 7.46. The van der Waals surface area contributed by atoms with Crippen LogP contribution in [0.2, 0.25) is 0 Å². The predicted molar refractivity (Wildman–Crippen MR) is 134 cm³/mol. The van der Waals surface area contributed by atoms with E-state index in [2.05, 4.69) is 4.98 Å². The molecule has 3 aromatic rings. The van der Waals surface area contributed by atoms with E-state index < -0.39 is 35.0 Å². The Morgan fingerprint density at radius 2 is 1.92 bits per heavy atom. The number of benzene rings is 2. The first-order chi connectivity index (χ1) is 18.5. The van der Waals surface area contributed by atoms with Gasteiger partial charge in [-0.05, 0) is 72.4 Å². The minimum absolute atomic E-state index is 0.113. The Hall–Kier alpha value is -4.26. The molecule has 39 heavy (non-hydrogen) atoms. The molecule has 1 aliphatic carbocycles. The van der Waals surface area contributed by atoms with E-state index in [1.54, 1.807) is 37.3 Å². The van der Waals surface area contributed by atoms with Crippen molar-refractivity contribution in [3.05, 3.63) is 88.5 Å². The van der Waals surface area contributed by atoms with Crippen LogP contribution in [0.25, 0.3) is 11.1 Å². The summed E-state index contributed by atoms with van der Waals surface area (Å²) < 4.78 is 53.4. The minimum atomic E-state index is -4.86. The molecule has 1 fully saturated rings. The van der Waals surface area contributed by atoms with E-state index in [0.717, 1.165) is 12.1 Å². The van der Waals surface area contributed by atoms with Gasteiger partial charge in [-0.25, -0.2) is 9.37 Å². The smallest absolute Gasteiger partial charge is 0.419 e. The highest BCUT2D eigenvalue weighted by Crippen LogP contribution is 2.47. The second-order valence-corrected chi connectivity index (χ2v) is 9.71. The second-order valence-electron chi connectivity index (χ2n) is 9.71. The number of carbonyl (C=O) groups excluding carboxylic acids is 1. The number of nitrogens with zero attached hydrogens (tertiary/aromatic N) is 3. The molecule has 1 saturated carbocycles. The fraction of sp³-hybridized carbons (Fsp3) is 0.310. The summed E-state index contributed by atoms with van der Waals surface area (Å²) >= 11 is 0. The Kier molecular flexibility index (Phi) is 7.72. The van der Waals surface area contributed by atoms with Crippen LogP contribution in [0.5, 0.6) is 0 Å². The van der Waals surface area contributed by atoms with Gasteiger partial charge in [-0.15, -0.1) is 0 Å². The van der Waals surface area contributed by atoms with Crippen LogP contribution in [-0.2, 0) is 22.3 Å². The van der Waals surface area contributed by atoms with Gasteiger partial charge in [0.25, 0.3) is 0 Å². The first kappa shape index (κ1) is 27.8. The third-order valence-electron chi connectivity index (χ3n) is 7.46. The van der Waals surface area contributed by atoms with Gasteiger partial charge in [-0.2, -0.15) is 18.4 Å². The number of rotatable bonds is 8. The van der Waals surface area contributed by atoms with Crippen LogP contribution in [0.1, 0.15) is 59.5 Å². The summed E-state index contributed by atoms with van der Waals surface area (Å²) in [5.41, 5.74) is -0.117. The number of carboxylic acids is 1. The van der Waals surface area contributed by atoms with Crippen molar-refractivity contribution in [1.82, 2.24) is 9.88 Å². The van der Waals surface area contributed by atoms with Gasteiger partial charge < -0.3 is 10.0 Å². The normalized spacial score (nSPS) is 15.4. The molecule has 6 nitrogen and oxygen atoms in total. The van der Waals surface area contributed by atoms with E-state index in [4.69, 9.17) is 0 Å². The predicted octanol–water partition coefficient (Wildman–Crippen LogP) is 6.23. The lowest BCUT2D eigenvalue weighted by Gasteiger charge is -2.44. The number of aryl methyl sites for hydroxylation is 1. The SMILES string of the molecule is Cc1ccc(-c2cccnc2C#N)cc1C(C(=O)O)C1(N(C=O)Cc2ccc(C(F)(F)F)c(F)c2)CCCC1. The van der Waals surface area contributed by atoms with Gasteiger partial charge in [-0.3, -0.25) is 9.59 Å². The average Bonchev–Trinajstić information content (AvgIpc) is 3.38. The fourth-order valence-electron chi connectivity index (χ4n) is 5.61. The minimum Gasteiger partial charge on any atom is -0.481 e. The van der Waals surface area contributed by atoms with Crippen molar-refractivity contribution in [1.29, 1.82) is 5.26 Å². The topological polar surface area (TPSA) is 94.3 Å². The lowest BCUT2D eigenvalue weighted by molar-refractivity contribution is -0.145. The Morgan fingerprint density at radius 1 is 1.21 bits per heavy atom. The Labute approximate surface area is 222 Å². The maximum absolute atomic E-state index is 14.3. The molecular weight excluding hydrogens is 514 g/mol. The quantitative estimate of drug-likeness (QED) is 0.271. The van der Waals surface area contributed by atoms with Crippen molar-refractivity contribution in [3.8, 4) is 17.2 Å². The molecular formula is C29H25F4N3O3. The van der Waals surface area contributed by atoms with E-state index in [1.807, 2.05) is 6.07 Å². The van der Waals surface area contributed by atoms with E-state index in [0.29, 0.717) is 60.4 Å². The number of carboxylic acid groups (broad SMARTS) is 1. The van der Waals surface area contributed by atoms with Crippen molar-refractivity contribution in [2.24, 2.45) is 0 Å².